The van der Waals surface area contributed by atoms with E-state index in [0.717, 1.165) is 25.7 Å². The lowest BCUT2D eigenvalue weighted by Crippen LogP contribution is -2.39. The normalized spacial score (nSPS) is 18.4. The molecule has 1 atom stereocenters. The largest absolute Gasteiger partial charge is 0.453 e. The summed E-state index contributed by atoms with van der Waals surface area (Å²) in [4.78, 5) is 11.2. The average Bonchev–Trinajstić information content (AvgIpc) is 2.37. The van der Waals surface area contributed by atoms with Crippen LogP contribution in [0.2, 0.25) is 0 Å². The van der Waals surface area contributed by atoms with E-state index in [1.54, 1.807) is 0 Å². The molecule has 0 aromatic heterocycles. The van der Waals surface area contributed by atoms with Crippen molar-refractivity contribution in [1.29, 1.82) is 0 Å². The first-order chi connectivity index (χ1) is 8.24. The second-order valence-electron chi connectivity index (χ2n) is 4.48. The second-order valence-corrected chi connectivity index (χ2v) is 4.48. The Morgan fingerprint density at radius 1 is 1.53 bits per heavy atom. The fourth-order valence-corrected chi connectivity index (χ4v) is 2.54. The first kappa shape index (κ1) is 12.0. The fraction of sp³-hybridized carbons (Fsp3) is 0.500. The highest BCUT2D eigenvalue weighted by Crippen LogP contribution is 2.25. The van der Waals surface area contributed by atoms with Gasteiger partial charge in [0, 0.05) is 6.04 Å². The van der Waals surface area contributed by atoms with Crippen molar-refractivity contribution in [1.82, 2.24) is 5.32 Å². The van der Waals surface area contributed by atoms with E-state index >= 15 is 0 Å². The molecule has 0 bridgehead atoms. The Hall–Kier alpha value is -1.51. The number of benzene rings is 1. The smallest absolute Gasteiger partial charge is 0.407 e. The molecule has 1 amide bonds. The van der Waals surface area contributed by atoms with Crippen molar-refractivity contribution < 1.29 is 9.53 Å². The predicted octanol–water partition coefficient (Wildman–Crippen LogP) is 2.46. The quantitative estimate of drug-likeness (QED) is 0.852. The zero-order valence-corrected chi connectivity index (χ0v) is 10.5. The molecule has 92 valence electrons. The van der Waals surface area contributed by atoms with Crippen LogP contribution in [0.3, 0.4) is 0 Å². The number of fused-ring (bicyclic) bond motifs is 1. The summed E-state index contributed by atoms with van der Waals surface area (Å²) in [6.07, 6.45) is 3.68. The Morgan fingerprint density at radius 3 is 3.06 bits per heavy atom. The second kappa shape index (κ2) is 5.21. The summed E-state index contributed by atoms with van der Waals surface area (Å²) in [5.74, 6) is 0. The van der Waals surface area contributed by atoms with Gasteiger partial charge in [-0.3, -0.25) is 0 Å². The minimum Gasteiger partial charge on any atom is -0.453 e. The first-order valence-electron chi connectivity index (χ1n) is 6.18. The number of aryl methyl sites for hydroxylation is 2. The van der Waals surface area contributed by atoms with Gasteiger partial charge in [0.25, 0.3) is 0 Å². The summed E-state index contributed by atoms with van der Waals surface area (Å²) in [6.45, 7) is 2.17. The first-order valence-corrected chi connectivity index (χ1v) is 6.18. The van der Waals surface area contributed by atoms with Crippen molar-refractivity contribution in [3.8, 4) is 0 Å². The van der Waals surface area contributed by atoms with Crippen molar-refractivity contribution in [2.75, 3.05) is 7.11 Å². The van der Waals surface area contributed by atoms with Gasteiger partial charge < -0.3 is 10.1 Å². The molecular weight excluding hydrogens is 214 g/mol. The summed E-state index contributed by atoms with van der Waals surface area (Å²) >= 11 is 0. The van der Waals surface area contributed by atoms with Crippen LogP contribution < -0.4 is 5.32 Å². The van der Waals surface area contributed by atoms with E-state index in [0.29, 0.717) is 0 Å². The van der Waals surface area contributed by atoms with Gasteiger partial charge in [0.15, 0.2) is 0 Å². The van der Waals surface area contributed by atoms with Gasteiger partial charge in [-0.05, 0) is 42.4 Å². The van der Waals surface area contributed by atoms with Gasteiger partial charge in [0.05, 0.1) is 7.11 Å². The highest BCUT2D eigenvalue weighted by atomic mass is 16.5. The molecule has 3 heteroatoms. The topological polar surface area (TPSA) is 38.3 Å². The zero-order valence-electron chi connectivity index (χ0n) is 10.5. The van der Waals surface area contributed by atoms with E-state index in [2.05, 4.69) is 35.2 Å². The van der Waals surface area contributed by atoms with E-state index in [-0.39, 0.29) is 12.1 Å². The van der Waals surface area contributed by atoms with Crippen molar-refractivity contribution in [3.63, 3.8) is 0 Å². The van der Waals surface area contributed by atoms with Gasteiger partial charge >= 0.3 is 6.09 Å². The molecule has 17 heavy (non-hydrogen) atoms. The molecular formula is C14H19NO2. The van der Waals surface area contributed by atoms with E-state index < -0.39 is 0 Å². The number of hydrogen-bond acceptors (Lipinski definition) is 2. The molecule has 3 nitrogen and oxygen atoms in total. The van der Waals surface area contributed by atoms with Crippen molar-refractivity contribution >= 4 is 6.09 Å². The van der Waals surface area contributed by atoms with E-state index in [1.165, 1.54) is 23.8 Å². The fourth-order valence-electron chi connectivity index (χ4n) is 2.54. The van der Waals surface area contributed by atoms with Gasteiger partial charge in [-0.25, -0.2) is 4.79 Å². The van der Waals surface area contributed by atoms with Gasteiger partial charge in [-0.1, -0.05) is 25.1 Å². The molecule has 1 aliphatic carbocycles. The van der Waals surface area contributed by atoms with Crippen LogP contribution in [-0.2, 0) is 24.0 Å². The molecule has 1 N–H and O–H groups in total. The van der Waals surface area contributed by atoms with Gasteiger partial charge in [0.1, 0.15) is 0 Å². The predicted molar refractivity (Wildman–Crippen MR) is 67.2 cm³/mol. The van der Waals surface area contributed by atoms with Crippen molar-refractivity contribution in [2.24, 2.45) is 0 Å². The lowest BCUT2D eigenvalue weighted by atomic mass is 9.85. The van der Waals surface area contributed by atoms with Gasteiger partial charge in [-0.2, -0.15) is 0 Å². The molecule has 0 saturated carbocycles. The van der Waals surface area contributed by atoms with Gasteiger partial charge in [-0.15, -0.1) is 0 Å². The standard InChI is InChI=1S/C14H19NO2/c1-3-10-5-4-6-11-7-8-12(9-13(10)11)15-14(16)17-2/h4-6,12H,3,7-9H2,1-2H3,(H,15,16). The van der Waals surface area contributed by atoms with Crippen molar-refractivity contribution in [2.45, 2.75) is 38.6 Å². The van der Waals surface area contributed by atoms with Crippen LogP contribution in [0.25, 0.3) is 0 Å². The molecule has 2 rings (SSSR count). The highest BCUT2D eigenvalue weighted by Gasteiger charge is 2.21. The molecule has 0 heterocycles. The molecule has 0 radical (unpaired) electrons. The van der Waals surface area contributed by atoms with Crippen LogP contribution in [0.4, 0.5) is 4.79 Å². The molecule has 0 saturated heterocycles. The third-order valence-corrected chi connectivity index (χ3v) is 3.47. The molecule has 0 aliphatic heterocycles. The third-order valence-electron chi connectivity index (χ3n) is 3.47. The Morgan fingerprint density at radius 2 is 2.35 bits per heavy atom. The number of nitrogens with one attached hydrogen (secondary N) is 1. The Kier molecular flexibility index (Phi) is 3.67. The number of rotatable bonds is 2. The Balaban J connectivity index is 2.14. The number of hydrogen-bond donors (Lipinski definition) is 1. The van der Waals surface area contributed by atoms with Gasteiger partial charge in [0.2, 0.25) is 0 Å². The molecule has 1 aromatic carbocycles. The minimum atomic E-state index is -0.326. The molecule has 0 fully saturated rings. The highest BCUT2D eigenvalue weighted by molar-refractivity contribution is 5.67. The number of alkyl carbamates (subject to hydrolysis) is 1. The van der Waals surface area contributed by atoms with E-state index in [9.17, 15) is 4.79 Å². The average molecular weight is 233 g/mol. The molecule has 1 aliphatic rings. The maximum Gasteiger partial charge on any atom is 0.407 e. The van der Waals surface area contributed by atoms with Crippen LogP contribution in [0.1, 0.15) is 30.0 Å². The van der Waals surface area contributed by atoms with E-state index in [4.69, 9.17) is 0 Å². The maximum atomic E-state index is 11.2. The number of carbonyl (C=O) groups excluding carboxylic acids is 1. The summed E-state index contributed by atoms with van der Waals surface area (Å²) in [5, 5.41) is 2.90. The molecule has 1 unspecified atom stereocenters. The number of carbonyl (C=O) groups is 1. The Bertz CT molecular complexity index is 400. The summed E-state index contributed by atoms with van der Waals surface area (Å²) in [7, 11) is 1.41. The van der Waals surface area contributed by atoms with Crippen LogP contribution in [0.15, 0.2) is 18.2 Å². The van der Waals surface area contributed by atoms with Crippen LogP contribution in [-0.4, -0.2) is 19.2 Å². The maximum absolute atomic E-state index is 11.2. The lowest BCUT2D eigenvalue weighted by Gasteiger charge is -2.26. The summed E-state index contributed by atoms with van der Waals surface area (Å²) in [6, 6.07) is 6.72. The molecule has 0 spiro atoms. The SMILES string of the molecule is CCc1cccc2c1CC(NC(=O)OC)CC2. The monoisotopic (exact) mass is 233 g/mol. The van der Waals surface area contributed by atoms with Crippen molar-refractivity contribution in [3.05, 3.63) is 34.9 Å². The summed E-state index contributed by atoms with van der Waals surface area (Å²) < 4.78 is 4.65. The van der Waals surface area contributed by atoms with Crippen LogP contribution in [0, 0.1) is 0 Å². The summed E-state index contributed by atoms with van der Waals surface area (Å²) in [5.41, 5.74) is 4.26. The minimum absolute atomic E-state index is 0.211. The molecule has 1 aromatic rings. The number of ether oxygens (including phenoxy) is 1. The number of methoxy groups -OCH3 is 1. The third kappa shape index (κ3) is 2.60. The van der Waals surface area contributed by atoms with Crippen LogP contribution in [0.5, 0.6) is 0 Å². The zero-order chi connectivity index (χ0) is 12.3. The number of amides is 1. The van der Waals surface area contributed by atoms with E-state index in [1.807, 2.05) is 0 Å². The lowest BCUT2D eigenvalue weighted by molar-refractivity contribution is 0.165. The van der Waals surface area contributed by atoms with Crippen LogP contribution >= 0.6 is 0 Å². The Labute approximate surface area is 102 Å².